The highest BCUT2D eigenvalue weighted by Gasteiger charge is 2.52. The highest BCUT2D eigenvalue weighted by atomic mass is 16.8. The van der Waals surface area contributed by atoms with E-state index in [1.807, 2.05) is 12.1 Å². The molecule has 0 spiro atoms. The van der Waals surface area contributed by atoms with Crippen LogP contribution in [0.15, 0.2) is 36.5 Å². The Hall–Kier alpha value is -2.44. The average molecular weight is 462 g/mol. The van der Waals surface area contributed by atoms with E-state index < -0.39 is 0 Å². The van der Waals surface area contributed by atoms with Gasteiger partial charge in [0.15, 0.2) is 6.29 Å². The fourth-order valence-corrected chi connectivity index (χ4v) is 7.24. The number of ether oxygens (including phenoxy) is 1. The predicted octanol–water partition coefficient (Wildman–Crippen LogP) is 5.06. The van der Waals surface area contributed by atoms with Crippen molar-refractivity contribution in [2.75, 3.05) is 6.61 Å². The van der Waals surface area contributed by atoms with E-state index in [1.165, 1.54) is 55.9 Å². The maximum Gasteiger partial charge on any atom is 0.267 e. The van der Waals surface area contributed by atoms with E-state index in [9.17, 15) is 4.79 Å². The summed E-state index contributed by atoms with van der Waals surface area (Å²) < 4.78 is 5.45. The SMILES string of the molecule is O=C(/C=C/c1ccc(Cc2ncc(C34CC5CC(CC(C5)C3)C4)[nH]2)cc1)NOC1CCCCO1. The lowest BCUT2D eigenvalue weighted by atomic mass is 9.49. The van der Waals surface area contributed by atoms with Crippen LogP contribution in [0.1, 0.15) is 80.4 Å². The molecule has 4 saturated carbocycles. The zero-order chi connectivity index (χ0) is 23.0. The minimum absolute atomic E-state index is 0.286. The summed E-state index contributed by atoms with van der Waals surface area (Å²) in [5.74, 6) is 3.58. The number of nitrogens with zero attached hydrogens (tertiary/aromatic N) is 1. The monoisotopic (exact) mass is 461 g/mol. The first-order valence-corrected chi connectivity index (χ1v) is 13.0. The van der Waals surface area contributed by atoms with Gasteiger partial charge in [0.1, 0.15) is 5.82 Å². The molecule has 5 aliphatic rings. The maximum absolute atomic E-state index is 12.0. The number of benzene rings is 1. The van der Waals surface area contributed by atoms with Crippen molar-refractivity contribution in [3.8, 4) is 0 Å². The molecule has 1 amide bonds. The van der Waals surface area contributed by atoms with Gasteiger partial charge in [-0.1, -0.05) is 24.3 Å². The number of aromatic nitrogens is 2. The lowest BCUT2D eigenvalue weighted by Gasteiger charge is -2.56. The molecule has 1 aromatic heterocycles. The second-order valence-electron chi connectivity index (χ2n) is 11.1. The van der Waals surface area contributed by atoms with Crippen molar-refractivity contribution in [2.45, 2.75) is 75.9 Å². The molecule has 1 aromatic carbocycles. The van der Waals surface area contributed by atoms with Crippen molar-refractivity contribution in [1.82, 2.24) is 15.4 Å². The molecule has 2 aromatic rings. The van der Waals surface area contributed by atoms with Crippen LogP contribution in [0.5, 0.6) is 0 Å². The third-order valence-electron chi connectivity index (χ3n) is 8.45. The Morgan fingerprint density at radius 2 is 1.85 bits per heavy atom. The average Bonchev–Trinajstić information content (AvgIpc) is 3.32. The number of hydrogen-bond acceptors (Lipinski definition) is 4. The Bertz CT molecular complexity index is 1000. The highest BCUT2D eigenvalue weighted by molar-refractivity contribution is 5.90. The third kappa shape index (κ3) is 4.71. The lowest BCUT2D eigenvalue weighted by molar-refractivity contribution is -0.198. The number of imidazole rings is 1. The summed E-state index contributed by atoms with van der Waals surface area (Å²) >= 11 is 0. The van der Waals surface area contributed by atoms with Crippen molar-refractivity contribution in [1.29, 1.82) is 0 Å². The van der Waals surface area contributed by atoms with E-state index in [2.05, 4.69) is 28.8 Å². The largest absolute Gasteiger partial charge is 0.350 e. The number of hydrogen-bond donors (Lipinski definition) is 2. The first-order chi connectivity index (χ1) is 16.6. The molecule has 34 heavy (non-hydrogen) atoms. The van der Waals surface area contributed by atoms with Gasteiger partial charge in [0.2, 0.25) is 0 Å². The number of carbonyl (C=O) groups excluding carboxylic acids is 1. The number of aromatic amines is 1. The van der Waals surface area contributed by atoms with E-state index >= 15 is 0 Å². The smallest absolute Gasteiger partial charge is 0.267 e. The number of amides is 1. The van der Waals surface area contributed by atoms with Gasteiger partial charge in [-0.3, -0.25) is 4.79 Å². The fraction of sp³-hybridized carbons (Fsp3) is 0.571. The number of H-pyrrole nitrogens is 1. The van der Waals surface area contributed by atoms with Crippen molar-refractivity contribution >= 4 is 12.0 Å². The Morgan fingerprint density at radius 1 is 1.12 bits per heavy atom. The number of hydroxylamine groups is 1. The van der Waals surface area contributed by atoms with Crippen LogP contribution in [0.25, 0.3) is 6.08 Å². The van der Waals surface area contributed by atoms with Crippen molar-refractivity contribution < 1.29 is 14.4 Å². The Labute approximate surface area is 201 Å². The quantitative estimate of drug-likeness (QED) is 0.447. The van der Waals surface area contributed by atoms with Gasteiger partial charge in [-0.15, -0.1) is 0 Å². The molecular formula is C28H35N3O3. The van der Waals surface area contributed by atoms with E-state index in [1.54, 1.807) is 6.08 Å². The molecule has 1 atom stereocenters. The fourth-order valence-electron chi connectivity index (χ4n) is 7.24. The molecule has 2 heterocycles. The summed E-state index contributed by atoms with van der Waals surface area (Å²) in [6, 6.07) is 8.29. The number of carbonyl (C=O) groups is 1. The molecule has 6 heteroatoms. The Kier molecular flexibility index (Phi) is 6.04. The number of nitrogens with one attached hydrogen (secondary N) is 2. The van der Waals surface area contributed by atoms with Gasteiger partial charge in [0, 0.05) is 42.8 Å². The van der Waals surface area contributed by atoms with Gasteiger partial charge >= 0.3 is 0 Å². The Morgan fingerprint density at radius 3 is 2.53 bits per heavy atom. The van der Waals surface area contributed by atoms with Gasteiger partial charge in [0.05, 0.1) is 0 Å². The van der Waals surface area contributed by atoms with Crippen LogP contribution in [0.4, 0.5) is 0 Å². The van der Waals surface area contributed by atoms with Gasteiger partial charge in [-0.05, 0) is 86.3 Å². The zero-order valence-corrected chi connectivity index (χ0v) is 19.8. The summed E-state index contributed by atoms with van der Waals surface area (Å²) in [5, 5.41) is 0. The molecule has 180 valence electrons. The summed E-state index contributed by atoms with van der Waals surface area (Å²) in [7, 11) is 0. The first kappa shape index (κ1) is 22.1. The highest BCUT2D eigenvalue weighted by Crippen LogP contribution is 2.60. The van der Waals surface area contributed by atoms with Crippen molar-refractivity contribution in [3.63, 3.8) is 0 Å². The summed E-state index contributed by atoms with van der Waals surface area (Å²) in [5.41, 5.74) is 6.39. The van der Waals surface area contributed by atoms with Crippen LogP contribution in [0, 0.1) is 17.8 Å². The van der Waals surface area contributed by atoms with E-state index in [4.69, 9.17) is 14.6 Å². The lowest BCUT2D eigenvalue weighted by Crippen LogP contribution is -2.48. The van der Waals surface area contributed by atoms with Gasteiger partial charge in [0.25, 0.3) is 5.91 Å². The molecule has 4 bridgehead atoms. The molecule has 5 fully saturated rings. The normalized spacial score (nSPS) is 32.4. The second-order valence-corrected chi connectivity index (χ2v) is 11.1. The first-order valence-electron chi connectivity index (χ1n) is 13.0. The molecule has 1 saturated heterocycles. The maximum atomic E-state index is 12.0. The molecule has 7 rings (SSSR count). The minimum Gasteiger partial charge on any atom is -0.350 e. The zero-order valence-electron chi connectivity index (χ0n) is 19.8. The molecule has 4 aliphatic carbocycles. The van der Waals surface area contributed by atoms with Crippen molar-refractivity contribution in [3.05, 3.63) is 59.2 Å². The number of rotatable bonds is 7. The molecule has 0 radical (unpaired) electrons. The molecule has 1 aliphatic heterocycles. The molecular weight excluding hydrogens is 426 g/mol. The van der Waals surface area contributed by atoms with Crippen LogP contribution in [0.2, 0.25) is 0 Å². The van der Waals surface area contributed by atoms with Crippen LogP contribution >= 0.6 is 0 Å². The van der Waals surface area contributed by atoms with Gasteiger partial charge in [-0.25, -0.2) is 15.3 Å². The molecule has 1 unspecified atom stereocenters. The van der Waals surface area contributed by atoms with E-state index in [-0.39, 0.29) is 12.2 Å². The standard InChI is InChI=1S/C28H35N3O3/c32-26(31-34-27-3-1-2-10-33-27)9-8-19-4-6-20(7-5-19)14-25-29-18-24(30-25)28-15-21-11-22(16-28)13-23(12-21)17-28/h4-9,18,21-23,27H,1-3,10-17H2,(H,29,30)(H,31,32)/b9-8+. The Balaban J connectivity index is 1.03. The summed E-state index contributed by atoms with van der Waals surface area (Å²) in [6.07, 6.45) is 17.2. The summed E-state index contributed by atoms with van der Waals surface area (Å²) in [4.78, 5) is 25.8. The second kappa shape index (κ2) is 9.31. The van der Waals surface area contributed by atoms with E-state index in [0.717, 1.165) is 54.8 Å². The predicted molar refractivity (Wildman–Crippen MR) is 130 cm³/mol. The molecule has 2 N–H and O–H groups in total. The van der Waals surface area contributed by atoms with Crippen LogP contribution in [0.3, 0.4) is 0 Å². The van der Waals surface area contributed by atoms with Crippen LogP contribution in [-0.2, 0) is 26.2 Å². The topological polar surface area (TPSA) is 76.2 Å². The van der Waals surface area contributed by atoms with Crippen LogP contribution in [-0.4, -0.2) is 28.8 Å². The van der Waals surface area contributed by atoms with E-state index in [0.29, 0.717) is 12.0 Å². The van der Waals surface area contributed by atoms with Crippen molar-refractivity contribution in [2.24, 2.45) is 17.8 Å². The summed E-state index contributed by atoms with van der Waals surface area (Å²) in [6.45, 7) is 0.685. The molecule has 6 nitrogen and oxygen atoms in total. The third-order valence-corrected chi connectivity index (χ3v) is 8.45. The van der Waals surface area contributed by atoms with Gasteiger partial charge in [-0.2, -0.15) is 0 Å². The van der Waals surface area contributed by atoms with Gasteiger partial charge < -0.3 is 9.72 Å². The minimum atomic E-state index is -0.338. The van der Waals surface area contributed by atoms with Crippen LogP contribution < -0.4 is 5.48 Å².